The van der Waals surface area contributed by atoms with Crippen molar-refractivity contribution in [1.29, 1.82) is 5.26 Å². The number of sulfonamides is 1. The van der Waals surface area contributed by atoms with Gasteiger partial charge >= 0.3 is 0 Å². The van der Waals surface area contributed by atoms with Gasteiger partial charge in [-0.3, -0.25) is 9.69 Å². The number of carbonyl (C=O) groups is 1. The molecule has 2 aromatic carbocycles. The lowest BCUT2D eigenvalue weighted by Gasteiger charge is -2.34. The maximum absolute atomic E-state index is 13.0. The van der Waals surface area contributed by atoms with E-state index in [1.165, 1.54) is 12.1 Å². The minimum Gasteiger partial charge on any atom is -0.377 e. The average molecular weight is 469 g/mol. The Morgan fingerprint density at radius 3 is 2.55 bits per heavy atom. The Hall–Kier alpha value is -2.77. The van der Waals surface area contributed by atoms with Crippen molar-refractivity contribution in [2.75, 3.05) is 39.3 Å². The van der Waals surface area contributed by atoms with Crippen molar-refractivity contribution in [3.8, 4) is 6.07 Å². The molecular weight excluding hydrogens is 440 g/mol. The average Bonchev–Trinajstić information content (AvgIpc) is 3.37. The van der Waals surface area contributed by atoms with Gasteiger partial charge in [0.15, 0.2) is 0 Å². The van der Waals surface area contributed by atoms with Gasteiger partial charge in [-0.15, -0.1) is 0 Å². The predicted octanol–water partition coefficient (Wildman–Crippen LogP) is 1.97. The van der Waals surface area contributed by atoms with Crippen LogP contribution in [0.5, 0.6) is 0 Å². The first kappa shape index (κ1) is 23.4. The van der Waals surface area contributed by atoms with Crippen molar-refractivity contribution in [1.82, 2.24) is 14.5 Å². The van der Waals surface area contributed by atoms with Crippen LogP contribution in [-0.4, -0.2) is 69.6 Å². The summed E-state index contributed by atoms with van der Waals surface area (Å²) in [4.78, 5) is 17.1. The summed E-state index contributed by atoms with van der Waals surface area (Å²) in [7, 11) is -3.71. The number of rotatable bonds is 7. The van der Waals surface area contributed by atoms with Gasteiger partial charge in [-0.05, 0) is 48.7 Å². The first-order chi connectivity index (χ1) is 15.9. The van der Waals surface area contributed by atoms with E-state index in [0.717, 1.165) is 38.0 Å². The SMILES string of the molecule is N#Cc1ccc(CN2CCN(C(=O)c3cccc(S(=O)(=O)NC[C@@H]4CCCO4)c3)CC2)cc1. The minimum atomic E-state index is -3.71. The van der Waals surface area contributed by atoms with E-state index in [1.807, 2.05) is 24.3 Å². The monoisotopic (exact) mass is 468 g/mol. The molecule has 2 saturated heterocycles. The highest BCUT2D eigenvalue weighted by Crippen LogP contribution is 2.17. The maximum atomic E-state index is 13.0. The molecule has 0 bridgehead atoms. The van der Waals surface area contributed by atoms with E-state index in [1.54, 1.807) is 17.0 Å². The zero-order chi connectivity index (χ0) is 23.3. The van der Waals surface area contributed by atoms with Crippen LogP contribution >= 0.6 is 0 Å². The Labute approximate surface area is 194 Å². The van der Waals surface area contributed by atoms with Crippen LogP contribution in [-0.2, 0) is 21.3 Å². The predicted molar refractivity (Wildman–Crippen MR) is 123 cm³/mol. The molecule has 1 N–H and O–H groups in total. The van der Waals surface area contributed by atoms with Gasteiger partial charge in [0.25, 0.3) is 5.91 Å². The van der Waals surface area contributed by atoms with E-state index in [9.17, 15) is 13.2 Å². The fourth-order valence-electron chi connectivity index (χ4n) is 4.12. The number of nitrogens with zero attached hydrogens (tertiary/aromatic N) is 3. The molecule has 1 atom stereocenters. The van der Waals surface area contributed by atoms with Crippen LogP contribution in [0.1, 0.15) is 34.3 Å². The zero-order valence-electron chi connectivity index (χ0n) is 18.4. The molecule has 2 aliphatic heterocycles. The fraction of sp³-hybridized carbons (Fsp3) is 0.417. The summed E-state index contributed by atoms with van der Waals surface area (Å²) >= 11 is 0. The highest BCUT2D eigenvalue weighted by Gasteiger charge is 2.24. The molecule has 0 aromatic heterocycles. The van der Waals surface area contributed by atoms with Gasteiger partial charge in [-0.25, -0.2) is 13.1 Å². The third-order valence-corrected chi connectivity index (χ3v) is 7.49. The van der Waals surface area contributed by atoms with Crippen molar-refractivity contribution < 1.29 is 17.9 Å². The lowest BCUT2D eigenvalue weighted by Crippen LogP contribution is -2.48. The Balaban J connectivity index is 1.33. The van der Waals surface area contributed by atoms with E-state index in [4.69, 9.17) is 10.00 Å². The van der Waals surface area contributed by atoms with E-state index < -0.39 is 10.0 Å². The lowest BCUT2D eigenvalue weighted by molar-refractivity contribution is 0.0628. The summed E-state index contributed by atoms with van der Waals surface area (Å²) in [6.07, 6.45) is 1.69. The van der Waals surface area contributed by atoms with Crippen LogP contribution in [0.3, 0.4) is 0 Å². The quantitative estimate of drug-likeness (QED) is 0.667. The molecule has 174 valence electrons. The van der Waals surface area contributed by atoms with Crippen molar-refractivity contribution >= 4 is 15.9 Å². The van der Waals surface area contributed by atoms with Gasteiger partial charge in [0, 0.05) is 51.4 Å². The third kappa shape index (κ3) is 5.97. The number of hydrogen-bond acceptors (Lipinski definition) is 6. The molecule has 9 heteroatoms. The van der Waals surface area contributed by atoms with Crippen molar-refractivity contribution in [2.45, 2.75) is 30.4 Å². The lowest BCUT2D eigenvalue weighted by atomic mass is 10.1. The number of benzene rings is 2. The summed E-state index contributed by atoms with van der Waals surface area (Å²) in [6.45, 7) is 4.27. The number of nitriles is 1. The van der Waals surface area contributed by atoms with E-state index in [-0.39, 0.29) is 23.5 Å². The second kappa shape index (κ2) is 10.4. The maximum Gasteiger partial charge on any atom is 0.253 e. The van der Waals surface area contributed by atoms with Crippen molar-refractivity contribution in [2.24, 2.45) is 0 Å². The van der Waals surface area contributed by atoms with Gasteiger partial charge in [0.1, 0.15) is 0 Å². The highest BCUT2D eigenvalue weighted by molar-refractivity contribution is 7.89. The van der Waals surface area contributed by atoms with Crippen molar-refractivity contribution in [3.05, 3.63) is 65.2 Å². The molecule has 1 amide bonds. The number of carbonyl (C=O) groups excluding carboxylic acids is 1. The summed E-state index contributed by atoms with van der Waals surface area (Å²) in [5.74, 6) is -0.163. The first-order valence-corrected chi connectivity index (χ1v) is 12.6. The summed E-state index contributed by atoms with van der Waals surface area (Å²) in [5.41, 5.74) is 2.14. The van der Waals surface area contributed by atoms with Gasteiger partial charge in [-0.2, -0.15) is 5.26 Å². The van der Waals surface area contributed by atoms with Crippen LogP contribution in [0.15, 0.2) is 53.4 Å². The molecule has 33 heavy (non-hydrogen) atoms. The van der Waals surface area contributed by atoms with Crippen LogP contribution in [0, 0.1) is 11.3 Å². The second-order valence-corrected chi connectivity index (χ2v) is 10.2. The van der Waals surface area contributed by atoms with Gasteiger partial charge in [0.05, 0.1) is 22.6 Å². The molecule has 4 rings (SSSR count). The Morgan fingerprint density at radius 1 is 1.12 bits per heavy atom. The fourth-order valence-corrected chi connectivity index (χ4v) is 5.23. The molecule has 0 radical (unpaired) electrons. The van der Waals surface area contributed by atoms with Crippen molar-refractivity contribution in [3.63, 3.8) is 0 Å². The Bertz CT molecular complexity index is 1110. The van der Waals surface area contributed by atoms with Crippen LogP contribution in [0.4, 0.5) is 0 Å². The number of amides is 1. The number of piperazine rings is 1. The molecule has 0 saturated carbocycles. The summed E-state index contributed by atoms with van der Waals surface area (Å²) in [5, 5.41) is 8.92. The summed E-state index contributed by atoms with van der Waals surface area (Å²) < 4.78 is 33.4. The number of ether oxygens (including phenoxy) is 1. The topological polar surface area (TPSA) is 103 Å². The van der Waals surface area contributed by atoms with E-state index in [0.29, 0.717) is 30.8 Å². The first-order valence-electron chi connectivity index (χ1n) is 11.2. The largest absolute Gasteiger partial charge is 0.377 e. The van der Waals surface area contributed by atoms with E-state index >= 15 is 0 Å². The molecule has 0 aliphatic carbocycles. The van der Waals surface area contributed by atoms with Crippen LogP contribution in [0.25, 0.3) is 0 Å². The molecule has 2 fully saturated rings. The Kier molecular flexibility index (Phi) is 7.40. The molecule has 2 heterocycles. The molecule has 2 aromatic rings. The molecule has 8 nitrogen and oxygen atoms in total. The smallest absolute Gasteiger partial charge is 0.253 e. The third-order valence-electron chi connectivity index (χ3n) is 6.07. The molecule has 0 unspecified atom stereocenters. The number of nitrogens with one attached hydrogen (secondary N) is 1. The molecule has 2 aliphatic rings. The van der Waals surface area contributed by atoms with Gasteiger partial charge in [0.2, 0.25) is 10.0 Å². The zero-order valence-corrected chi connectivity index (χ0v) is 19.3. The minimum absolute atomic E-state index is 0.0887. The Morgan fingerprint density at radius 2 is 1.88 bits per heavy atom. The second-order valence-electron chi connectivity index (χ2n) is 8.39. The van der Waals surface area contributed by atoms with Gasteiger partial charge in [-0.1, -0.05) is 18.2 Å². The number of hydrogen-bond donors (Lipinski definition) is 1. The van der Waals surface area contributed by atoms with Crippen LogP contribution < -0.4 is 4.72 Å². The van der Waals surface area contributed by atoms with E-state index in [2.05, 4.69) is 15.7 Å². The highest BCUT2D eigenvalue weighted by atomic mass is 32.2. The van der Waals surface area contributed by atoms with Gasteiger partial charge < -0.3 is 9.64 Å². The molecule has 0 spiro atoms. The molecular formula is C24H28N4O4S. The van der Waals surface area contributed by atoms with Crippen LogP contribution in [0.2, 0.25) is 0 Å². The standard InChI is InChI=1S/C24H28N4O4S/c25-16-19-6-8-20(9-7-19)18-27-10-12-28(13-11-27)24(29)21-3-1-5-23(15-21)33(30,31)26-17-22-4-2-14-32-22/h1,3,5-9,15,22,26H,2,4,10-14,17-18H2/t22-/m0/s1. The normalized spacial score (nSPS) is 19.4. The summed E-state index contributed by atoms with van der Waals surface area (Å²) in [6, 6.07) is 15.9.